The lowest BCUT2D eigenvalue weighted by Gasteiger charge is -2.09. The van der Waals surface area contributed by atoms with Crippen molar-refractivity contribution in [3.05, 3.63) is 50.9 Å². The van der Waals surface area contributed by atoms with Gasteiger partial charge in [0.25, 0.3) is 5.91 Å². The van der Waals surface area contributed by atoms with E-state index >= 15 is 0 Å². The van der Waals surface area contributed by atoms with Gasteiger partial charge in [-0.1, -0.05) is 36.2 Å². The van der Waals surface area contributed by atoms with Crippen LogP contribution in [0.2, 0.25) is 5.02 Å². The monoisotopic (exact) mass is 334 g/mol. The van der Waals surface area contributed by atoms with Crippen LogP contribution in [0.25, 0.3) is 0 Å². The van der Waals surface area contributed by atoms with Crippen molar-refractivity contribution >= 4 is 33.8 Å². The number of carbonyl (C=O) groups is 1. The number of benzene rings is 1. The quantitative estimate of drug-likeness (QED) is 0.827. The average Bonchev–Trinajstić information content (AvgIpc) is 2.67. The number of rotatable bonds is 3. The molecule has 1 heterocycles. The molecule has 0 aliphatic heterocycles. The van der Waals surface area contributed by atoms with E-state index in [9.17, 15) is 4.79 Å². The molecular weight excluding hydrogens is 316 g/mol. The highest BCUT2D eigenvalue weighted by atomic mass is 35.5. The second-order valence-electron chi connectivity index (χ2n) is 5.58. The topological polar surface area (TPSA) is 55.1 Å². The van der Waals surface area contributed by atoms with Crippen molar-refractivity contribution in [1.29, 1.82) is 0 Å². The zero-order chi connectivity index (χ0) is 15.5. The number of nitrogens with two attached hydrogens (primary N) is 1. The fourth-order valence-electron chi connectivity index (χ4n) is 2.92. The van der Waals surface area contributed by atoms with Gasteiger partial charge in [0.15, 0.2) is 0 Å². The Morgan fingerprint density at radius 1 is 1.23 bits per heavy atom. The van der Waals surface area contributed by atoms with Crippen molar-refractivity contribution in [2.45, 2.75) is 38.6 Å². The maximum absolute atomic E-state index is 12.6. The number of hydrogen-bond acceptors (Lipinski definition) is 3. The second-order valence-corrected chi connectivity index (χ2v) is 7.12. The molecule has 0 saturated heterocycles. The Bertz CT molecular complexity index is 696. The Balaban J connectivity index is 1.78. The number of amides is 1. The molecule has 0 unspecified atom stereocenters. The summed E-state index contributed by atoms with van der Waals surface area (Å²) < 4.78 is 0. The van der Waals surface area contributed by atoms with Crippen LogP contribution >= 0.6 is 22.9 Å². The van der Waals surface area contributed by atoms with Gasteiger partial charge in [0.1, 0.15) is 0 Å². The summed E-state index contributed by atoms with van der Waals surface area (Å²) in [7, 11) is 0. The minimum absolute atomic E-state index is 0.0863. The SMILES string of the molecule is Nc1sc2c(c1C(=O)NCc1ccccc1Cl)CCCCC2. The molecule has 5 heteroatoms. The molecule has 3 N–H and O–H groups in total. The number of nitrogen functional groups attached to an aromatic ring is 1. The molecule has 0 bridgehead atoms. The third-order valence-corrected chi connectivity index (χ3v) is 5.56. The second kappa shape index (κ2) is 6.71. The van der Waals surface area contributed by atoms with Gasteiger partial charge in [-0.25, -0.2) is 0 Å². The van der Waals surface area contributed by atoms with Crippen molar-refractivity contribution in [3.63, 3.8) is 0 Å². The summed E-state index contributed by atoms with van der Waals surface area (Å²) in [5.74, 6) is -0.0863. The normalized spacial score (nSPS) is 14.2. The molecule has 1 aliphatic carbocycles. The zero-order valence-electron chi connectivity index (χ0n) is 12.3. The van der Waals surface area contributed by atoms with Crippen LogP contribution in [0.3, 0.4) is 0 Å². The molecule has 22 heavy (non-hydrogen) atoms. The maximum atomic E-state index is 12.6. The van der Waals surface area contributed by atoms with Gasteiger partial charge >= 0.3 is 0 Å². The van der Waals surface area contributed by atoms with E-state index < -0.39 is 0 Å². The molecule has 0 radical (unpaired) electrons. The highest BCUT2D eigenvalue weighted by Gasteiger charge is 2.23. The summed E-state index contributed by atoms with van der Waals surface area (Å²) in [6, 6.07) is 7.54. The van der Waals surface area contributed by atoms with Gasteiger partial charge in [-0.2, -0.15) is 0 Å². The third-order valence-electron chi connectivity index (χ3n) is 4.07. The fraction of sp³-hybridized carbons (Fsp3) is 0.353. The maximum Gasteiger partial charge on any atom is 0.254 e. The number of halogens is 1. The first-order valence-electron chi connectivity index (χ1n) is 7.58. The van der Waals surface area contributed by atoms with Crippen molar-refractivity contribution in [2.24, 2.45) is 0 Å². The average molecular weight is 335 g/mol. The Morgan fingerprint density at radius 2 is 2.00 bits per heavy atom. The predicted molar refractivity (Wildman–Crippen MR) is 92.6 cm³/mol. The van der Waals surface area contributed by atoms with Crippen LogP contribution in [0.1, 0.15) is 45.6 Å². The van der Waals surface area contributed by atoms with Crippen molar-refractivity contribution in [1.82, 2.24) is 5.32 Å². The predicted octanol–water partition coefficient (Wildman–Crippen LogP) is 4.18. The van der Waals surface area contributed by atoms with E-state index in [4.69, 9.17) is 17.3 Å². The van der Waals surface area contributed by atoms with Crippen LogP contribution in [0.15, 0.2) is 24.3 Å². The van der Waals surface area contributed by atoms with Gasteiger partial charge in [-0.3, -0.25) is 4.79 Å². The molecule has 1 aliphatic rings. The molecule has 2 aromatic rings. The molecule has 0 atom stereocenters. The van der Waals surface area contributed by atoms with Crippen LogP contribution in [-0.2, 0) is 19.4 Å². The van der Waals surface area contributed by atoms with E-state index in [2.05, 4.69) is 5.32 Å². The number of nitrogens with one attached hydrogen (secondary N) is 1. The minimum atomic E-state index is -0.0863. The summed E-state index contributed by atoms with van der Waals surface area (Å²) >= 11 is 7.70. The number of hydrogen-bond donors (Lipinski definition) is 2. The lowest BCUT2D eigenvalue weighted by Crippen LogP contribution is -2.24. The van der Waals surface area contributed by atoms with E-state index in [0.717, 1.165) is 30.4 Å². The van der Waals surface area contributed by atoms with Gasteiger partial charge < -0.3 is 11.1 Å². The third kappa shape index (κ3) is 3.13. The van der Waals surface area contributed by atoms with E-state index in [1.54, 1.807) is 11.3 Å². The lowest BCUT2D eigenvalue weighted by molar-refractivity contribution is 0.0951. The Morgan fingerprint density at radius 3 is 2.82 bits per heavy atom. The Kier molecular flexibility index (Phi) is 4.69. The van der Waals surface area contributed by atoms with Gasteiger partial charge in [0, 0.05) is 16.4 Å². The van der Waals surface area contributed by atoms with Gasteiger partial charge in [-0.15, -0.1) is 11.3 Å². The number of anilines is 1. The lowest BCUT2D eigenvalue weighted by atomic mass is 10.0. The smallest absolute Gasteiger partial charge is 0.254 e. The van der Waals surface area contributed by atoms with Gasteiger partial charge in [0.05, 0.1) is 10.6 Å². The highest BCUT2D eigenvalue weighted by molar-refractivity contribution is 7.16. The molecule has 1 amide bonds. The first-order valence-corrected chi connectivity index (χ1v) is 8.78. The van der Waals surface area contributed by atoms with Crippen molar-refractivity contribution < 1.29 is 4.79 Å². The largest absolute Gasteiger partial charge is 0.390 e. The first-order chi connectivity index (χ1) is 10.7. The summed E-state index contributed by atoms with van der Waals surface area (Å²) in [5, 5.41) is 4.27. The molecule has 0 fully saturated rings. The molecule has 1 aromatic carbocycles. The fourth-order valence-corrected chi connectivity index (χ4v) is 4.28. The molecule has 0 saturated carbocycles. The van der Waals surface area contributed by atoms with Crippen LogP contribution in [0, 0.1) is 0 Å². The van der Waals surface area contributed by atoms with E-state index in [-0.39, 0.29) is 5.91 Å². The number of aryl methyl sites for hydroxylation is 1. The zero-order valence-corrected chi connectivity index (χ0v) is 13.9. The summed E-state index contributed by atoms with van der Waals surface area (Å²) in [6.07, 6.45) is 5.55. The van der Waals surface area contributed by atoms with Gasteiger partial charge in [-0.05, 0) is 42.9 Å². The molecular formula is C17H19ClN2OS. The van der Waals surface area contributed by atoms with Gasteiger partial charge in [0.2, 0.25) is 0 Å². The van der Waals surface area contributed by atoms with Crippen LogP contribution in [-0.4, -0.2) is 5.91 Å². The van der Waals surface area contributed by atoms with Crippen LogP contribution < -0.4 is 11.1 Å². The van der Waals surface area contributed by atoms with E-state index in [1.165, 1.54) is 17.7 Å². The summed E-state index contributed by atoms with van der Waals surface area (Å²) in [6.45, 7) is 0.419. The molecule has 1 aromatic heterocycles. The molecule has 3 nitrogen and oxygen atoms in total. The molecule has 0 spiro atoms. The number of fused-ring (bicyclic) bond motifs is 1. The van der Waals surface area contributed by atoms with Crippen molar-refractivity contribution in [3.8, 4) is 0 Å². The van der Waals surface area contributed by atoms with E-state index in [0.29, 0.717) is 22.1 Å². The standard InChI is InChI=1S/C17H19ClN2OS/c18-13-8-5-4-6-11(13)10-20-17(21)15-12-7-2-1-3-9-14(12)22-16(15)19/h4-6,8H,1-3,7,9-10,19H2,(H,20,21). The van der Waals surface area contributed by atoms with Crippen molar-refractivity contribution in [2.75, 3.05) is 5.73 Å². The summed E-state index contributed by atoms with van der Waals surface area (Å²) in [4.78, 5) is 13.9. The number of carbonyl (C=O) groups excluding carboxylic acids is 1. The highest BCUT2D eigenvalue weighted by Crippen LogP contribution is 2.35. The Labute approximate surface area is 139 Å². The molecule has 3 rings (SSSR count). The van der Waals surface area contributed by atoms with Crippen LogP contribution in [0.4, 0.5) is 5.00 Å². The van der Waals surface area contributed by atoms with E-state index in [1.807, 2.05) is 24.3 Å². The number of thiophene rings is 1. The summed E-state index contributed by atoms with van der Waals surface area (Å²) in [5.41, 5.74) is 8.87. The Hall–Kier alpha value is -1.52. The minimum Gasteiger partial charge on any atom is -0.390 e. The molecule has 116 valence electrons. The first kappa shape index (κ1) is 15.4. The van der Waals surface area contributed by atoms with Crippen LogP contribution in [0.5, 0.6) is 0 Å².